The molecule has 24 heavy (non-hydrogen) atoms. The summed E-state index contributed by atoms with van der Waals surface area (Å²) in [6, 6.07) is 6.23. The number of hydrogen-bond donors (Lipinski definition) is 1. The third-order valence-corrected chi connectivity index (χ3v) is 5.67. The van der Waals surface area contributed by atoms with Gasteiger partial charge in [-0.1, -0.05) is 11.6 Å². The monoisotopic (exact) mass is 365 g/mol. The lowest BCUT2D eigenvalue weighted by Crippen LogP contribution is -2.15. The van der Waals surface area contributed by atoms with Gasteiger partial charge in [0.15, 0.2) is 5.78 Å². The molecule has 126 valence electrons. The summed E-state index contributed by atoms with van der Waals surface area (Å²) in [5.41, 5.74) is 1.55. The van der Waals surface area contributed by atoms with Crippen molar-refractivity contribution in [2.75, 3.05) is 23.7 Å². The molecule has 1 aliphatic carbocycles. The molecule has 6 nitrogen and oxygen atoms in total. The SMILES string of the molecule is CN(C)c1ccc(NS(=O)(=O)c2cc3c(cc2Cl)CCC3=O)cn1. The van der Waals surface area contributed by atoms with Crippen LogP contribution in [0.15, 0.2) is 35.4 Å². The zero-order valence-corrected chi connectivity index (χ0v) is 14.8. The topological polar surface area (TPSA) is 79.4 Å². The molecule has 0 unspecified atom stereocenters. The van der Waals surface area contributed by atoms with Gasteiger partial charge in [0.1, 0.15) is 10.7 Å². The molecular weight excluding hydrogens is 350 g/mol. The Kier molecular flexibility index (Phi) is 4.23. The summed E-state index contributed by atoms with van der Waals surface area (Å²) in [6.07, 6.45) is 2.41. The molecule has 0 saturated heterocycles. The molecule has 0 radical (unpaired) electrons. The highest BCUT2D eigenvalue weighted by atomic mass is 35.5. The minimum Gasteiger partial charge on any atom is -0.363 e. The maximum absolute atomic E-state index is 12.6. The minimum atomic E-state index is -3.91. The fraction of sp³-hybridized carbons (Fsp3) is 0.250. The fourth-order valence-electron chi connectivity index (χ4n) is 2.57. The Balaban J connectivity index is 1.94. The number of ketones is 1. The van der Waals surface area contributed by atoms with Gasteiger partial charge in [0, 0.05) is 26.1 Å². The normalized spacial score (nSPS) is 13.7. The first-order chi connectivity index (χ1) is 11.3. The molecule has 0 amide bonds. The molecule has 1 aliphatic rings. The molecule has 1 aromatic carbocycles. The lowest BCUT2D eigenvalue weighted by atomic mass is 10.1. The van der Waals surface area contributed by atoms with Crippen LogP contribution in [0.1, 0.15) is 22.3 Å². The lowest BCUT2D eigenvalue weighted by molar-refractivity contribution is 0.0994. The van der Waals surface area contributed by atoms with E-state index < -0.39 is 10.0 Å². The summed E-state index contributed by atoms with van der Waals surface area (Å²) in [6.45, 7) is 0. The van der Waals surface area contributed by atoms with Crippen molar-refractivity contribution in [3.8, 4) is 0 Å². The van der Waals surface area contributed by atoms with E-state index in [9.17, 15) is 13.2 Å². The predicted octanol–water partition coefficient (Wildman–Crippen LogP) is 2.73. The van der Waals surface area contributed by atoms with Crippen LogP contribution >= 0.6 is 11.6 Å². The number of nitrogens with zero attached hydrogens (tertiary/aromatic N) is 2. The van der Waals surface area contributed by atoms with Crippen molar-refractivity contribution in [3.63, 3.8) is 0 Å². The zero-order chi connectivity index (χ0) is 17.5. The number of hydrogen-bond acceptors (Lipinski definition) is 5. The van der Waals surface area contributed by atoms with E-state index in [2.05, 4.69) is 9.71 Å². The van der Waals surface area contributed by atoms with E-state index in [4.69, 9.17) is 11.6 Å². The van der Waals surface area contributed by atoms with E-state index in [-0.39, 0.29) is 15.7 Å². The molecule has 1 heterocycles. The van der Waals surface area contributed by atoms with Gasteiger partial charge in [-0.15, -0.1) is 0 Å². The third-order valence-electron chi connectivity index (χ3n) is 3.83. The van der Waals surface area contributed by atoms with Gasteiger partial charge in [-0.05, 0) is 36.2 Å². The standard InChI is InChI=1S/C16H16ClN3O3S/c1-20(2)16-6-4-11(9-18-16)19-24(22,23)15-8-12-10(7-13(15)17)3-5-14(12)21/h4,6-9,19H,3,5H2,1-2H3. The third kappa shape index (κ3) is 3.09. The Bertz CT molecular complexity index is 909. The Labute approximate surface area is 145 Å². The van der Waals surface area contributed by atoms with Crippen LogP contribution in [0, 0.1) is 0 Å². The van der Waals surface area contributed by atoms with Crippen LogP contribution in [0.2, 0.25) is 5.02 Å². The average molecular weight is 366 g/mol. The van der Waals surface area contributed by atoms with Gasteiger partial charge >= 0.3 is 0 Å². The predicted molar refractivity (Wildman–Crippen MR) is 93.5 cm³/mol. The number of rotatable bonds is 4. The Morgan fingerprint density at radius 2 is 1.96 bits per heavy atom. The van der Waals surface area contributed by atoms with E-state index in [1.54, 1.807) is 23.1 Å². The smallest absolute Gasteiger partial charge is 0.263 e. The number of carbonyl (C=O) groups excluding carboxylic acids is 1. The Hall–Kier alpha value is -2.12. The van der Waals surface area contributed by atoms with Crippen molar-refractivity contribution in [1.29, 1.82) is 0 Å². The van der Waals surface area contributed by atoms with Gasteiger partial charge in [-0.3, -0.25) is 9.52 Å². The van der Waals surface area contributed by atoms with Gasteiger partial charge in [-0.2, -0.15) is 0 Å². The maximum Gasteiger partial charge on any atom is 0.263 e. The van der Waals surface area contributed by atoms with Crippen molar-refractivity contribution in [2.24, 2.45) is 0 Å². The van der Waals surface area contributed by atoms with Crippen molar-refractivity contribution < 1.29 is 13.2 Å². The quantitative estimate of drug-likeness (QED) is 0.901. The molecular formula is C16H16ClN3O3S. The van der Waals surface area contributed by atoms with E-state index in [0.717, 1.165) is 5.56 Å². The average Bonchev–Trinajstić information content (AvgIpc) is 2.87. The fourth-order valence-corrected chi connectivity index (χ4v) is 4.19. The minimum absolute atomic E-state index is 0.0601. The molecule has 8 heteroatoms. The molecule has 0 spiro atoms. The molecule has 0 atom stereocenters. The molecule has 1 N–H and O–H groups in total. The summed E-state index contributed by atoms with van der Waals surface area (Å²) in [5, 5.41) is 0.105. The second-order valence-electron chi connectivity index (χ2n) is 5.77. The Morgan fingerprint density at radius 3 is 2.58 bits per heavy atom. The Morgan fingerprint density at radius 1 is 1.21 bits per heavy atom. The first-order valence-electron chi connectivity index (χ1n) is 7.30. The van der Waals surface area contributed by atoms with Crippen LogP contribution in [-0.4, -0.2) is 33.3 Å². The van der Waals surface area contributed by atoms with E-state index in [1.807, 2.05) is 14.1 Å². The van der Waals surface area contributed by atoms with Crippen molar-refractivity contribution in [3.05, 3.63) is 46.6 Å². The van der Waals surface area contributed by atoms with Gasteiger partial charge in [0.05, 0.1) is 16.9 Å². The van der Waals surface area contributed by atoms with Crippen LogP contribution in [0.5, 0.6) is 0 Å². The number of pyridine rings is 1. The largest absolute Gasteiger partial charge is 0.363 e. The molecule has 0 bridgehead atoms. The van der Waals surface area contributed by atoms with Crippen LogP contribution < -0.4 is 9.62 Å². The summed E-state index contributed by atoms with van der Waals surface area (Å²) in [5.74, 6) is 0.647. The highest BCUT2D eigenvalue weighted by Gasteiger charge is 2.26. The number of fused-ring (bicyclic) bond motifs is 1. The highest BCUT2D eigenvalue weighted by Crippen LogP contribution is 2.31. The first kappa shape index (κ1) is 16.7. The van der Waals surface area contributed by atoms with Crippen molar-refractivity contribution in [1.82, 2.24) is 4.98 Å². The van der Waals surface area contributed by atoms with E-state index in [1.165, 1.54) is 12.3 Å². The number of Topliss-reactive ketones (excluding diaryl/α,β-unsaturated/α-hetero) is 1. The number of aryl methyl sites for hydroxylation is 1. The second kappa shape index (κ2) is 6.07. The molecule has 3 rings (SSSR count). The number of sulfonamides is 1. The van der Waals surface area contributed by atoms with Gasteiger partial charge in [0.25, 0.3) is 10.0 Å². The lowest BCUT2D eigenvalue weighted by Gasteiger charge is -2.13. The van der Waals surface area contributed by atoms with Gasteiger partial charge < -0.3 is 4.90 Å². The summed E-state index contributed by atoms with van der Waals surface area (Å²) >= 11 is 6.12. The van der Waals surface area contributed by atoms with Gasteiger partial charge in [0.2, 0.25) is 0 Å². The van der Waals surface area contributed by atoms with Crippen LogP contribution in [-0.2, 0) is 16.4 Å². The van der Waals surface area contributed by atoms with Crippen LogP contribution in [0.25, 0.3) is 0 Å². The number of nitrogens with one attached hydrogen (secondary N) is 1. The second-order valence-corrected chi connectivity index (χ2v) is 7.83. The maximum atomic E-state index is 12.6. The molecule has 0 fully saturated rings. The van der Waals surface area contributed by atoms with Crippen molar-refractivity contribution >= 4 is 38.9 Å². The van der Waals surface area contributed by atoms with Gasteiger partial charge in [-0.25, -0.2) is 13.4 Å². The van der Waals surface area contributed by atoms with Crippen LogP contribution in [0.4, 0.5) is 11.5 Å². The zero-order valence-electron chi connectivity index (χ0n) is 13.2. The number of aromatic nitrogens is 1. The molecule has 0 saturated carbocycles. The summed E-state index contributed by atoms with van der Waals surface area (Å²) in [4.78, 5) is 17.7. The number of benzene rings is 1. The molecule has 0 aliphatic heterocycles. The number of anilines is 2. The van der Waals surface area contributed by atoms with Crippen LogP contribution in [0.3, 0.4) is 0 Å². The number of halogens is 1. The summed E-state index contributed by atoms with van der Waals surface area (Å²) < 4.78 is 27.6. The summed E-state index contributed by atoms with van der Waals surface area (Å²) in [7, 11) is -0.228. The highest BCUT2D eigenvalue weighted by molar-refractivity contribution is 7.92. The van der Waals surface area contributed by atoms with E-state index >= 15 is 0 Å². The van der Waals surface area contributed by atoms with E-state index in [0.29, 0.717) is 29.9 Å². The molecule has 1 aromatic heterocycles. The first-order valence-corrected chi connectivity index (χ1v) is 9.16. The molecule has 2 aromatic rings. The number of carbonyl (C=O) groups is 1. The van der Waals surface area contributed by atoms with Crippen molar-refractivity contribution in [2.45, 2.75) is 17.7 Å².